The van der Waals surface area contributed by atoms with Gasteiger partial charge in [0.15, 0.2) is 0 Å². The van der Waals surface area contributed by atoms with Gasteiger partial charge in [0.1, 0.15) is 9.52 Å². The van der Waals surface area contributed by atoms with E-state index < -0.39 is 0 Å². The van der Waals surface area contributed by atoms with Gasteiger partial charge in [-0.3, -0.25) is 0 Å². The topological polar surface area (TPSA) is 0 Å². The highest BCUT2D eigenvalue weighted by molar-refractivity contribution is 6.67. The lowest BCUT2D eigenvalue weighted by atomic mass is 10.2. The maximum absolute atomic E-state index is 2.29. The van der Waals surface area contributed by atoms with E-state index in [0.717, 1.165) is 9.52 Å². The average molecular weight is 238 g/mol. The van der Waals surface area contributed by atoms with E-state index in [2.05, 4.69) is 64.1 Å². The molecule has 0 aliphatic carbocycles. The molecule has 2 rings (SSSR count). The van der Waals surface area contributed by atoms with Crippen LogP contribution in [-0.2, 0) is 0 Å². The molecule has 0 unspecified atom stereocenters. The highest BCUT2D eigenvalue weighted by Crippen LogP contribution is 2.02. The number of hydrogen-bond donors (Lipinski definition) is 0. The van der Waals surface area contributed by atoms with Gasteiger partial charge in [0.25, 0.3) is 0 Å². The maximum Gasteiger partial charge on any atom is 0.121 e. The third-order valence-corrected chi connectivity index (χ3v) is 3.89. The quantitative estimate of drug-likeness (QED) is 0.706. The summed E-state index contributed by atoms with van der Waals surface area (Å²) >= 11 is 0. The van der Waals surface area contributed by atoms with Gasteiger partial charge in [-0.15, -0.1) is 0 Å². The molecule has 17 heavy (non-hydrogen) atoms. The van der Waals surface area contributed by atoms with Crippen LogP contribution in [0.2, 0.25) is 0 Å². The van der Waals surface area contributed by atoms with Gasteiger partial charge in [-0.1, -0.05) is 69.0 Å². The summed E-state index contributed by atoms with van der Waals surface area (Å²) in [5.74, 6) is 0. The largest absolute Gasteiger partial charge is 0.121 e. The van der Waals surface area contributed by atoms with Crippen LogP contribution in [0.3, 0.4) is 0 Å². The molecule has 2 radical (unpaired) electrons. The fourth-order valence-corrected chi connectivity index (χ4v) is 3.79. The molecule has 0 amide bonds. The summed E-state index contributed by atoms with van der Waals surface area (Å²) < 4.78 is 0. The second kappa shape index (κ2) is 4.88. The van der Waals surface area contributed by atoms with Crippen molar-refractivity contribution in [3.8, 4) is 0 Å². The van der Waals surface area contributed by atoms with Gasteiger partial charge in [0.05, 0.1) is 0 Å². The fourth-order valence-electron chi connectivity index (χ4n) is 2.26. The molecule has 86 valence electrons. The van der Waals surface area contributed by atoms with E-state index >= 15 is 0 Å². The van der Waals surface area contributed by atoms with E-state index in [4.69, 9.17) is 0 Å². The standard InChI is InChI=1S/C16H18Si/c1-11-5-12(2)8-15(7-11)17-16-9-13(3)6-14(4)10-16/h5-10H,1-4H3. The Hall–Kier alpha value is -1.34. The molecule has 2 aromatic rings. The Labute approximate surface area is 107 Å². The lowest BCUT2D eigenvalue weighted by Gasteiger charge is -2.06. The van der Waals surface area contributed by atoms with Crippen LogP contribution in [0.15, 0.2) is 36.4 Å². The summed E-state index contributed by atoms with van der Waals surface area (Å²) in [6.45, 7) is 8.68. The molecule has 0 N–H and O–H groups in total. The Balaban J connectivity index is 2.31. The van der Waals surface area contributed by atoms with Crippen LogP contribution in [-0.4, -0.2) is 9.52 Å². The van der Waals surface area contributed by atoms with Gasteiger partial charge in [-0.25, -0.2) is 0 Å². The van der Waals surface area contributed by atoms with Crippen molar-refractivity contribution in [2.24, 2.45) is 0 Å². The first kappa shape index (κ1) is 12.1. The number of rotatable bonds is 2. The van der Waals surface area contributed by atoms with Crippen molar-refractivity contribution in [3.63, 3.8) is 0 Å². The van der Waals surface area contributed by atoms with E-state index in [1.807, 2.05) is 0 Å². The molecule has 1 heteroatoms. The summed E-state index contributed by atoms with van der Waals surface area (Å²) in [7, 11) is 0.762. The van der Waals surface area contributed by atoms with Crippen molar-refractivity contribution in [1.82, 2.24) is 0 Å². The molecule has 0 aliphatic heterocycles. The second-order valence-electron chi connectivity index (χ2n) is 4.88. The predicted molar refractivity (Wildman–Crippen MR) is 76.9 cm³/mol. The van der Waals surface area contributed by atoms with Crippen LogP contribution in [0.5, 0.6) is 0 Å². The summed E-state index contributed by atoms with van der Waals surface area (Å²) in [5.41, 5.74) is 5.43. The zero-order valence-corrected chi connectivity index (χ0v) is 12.0. The van der Waals surface area contributed by atoms with Gasteiger partial charge in [0.2, 0.25) is 0 Å². The van der Waals surface area contributed by atoms with Crippen molar-refractivity contribution in [2.45, 2.75) is 27.7 Å². The third-order valence-electron chi connectivity index (χ3n) is 2.73. The molecule has 2 aromatic carbocycles. The maximum atomic E-state index is 2.29. The number of benzene rings is 2. The Morgan fingerprint density at radius 1 is 0.529 bits per heavy atom. The van der Waals surface area contributed by atoms with Crippen molar-refractivity contribution in [2.75, 3.05) is 0 Å². The minimum absolute atomic E-state index is 0.762. The molecule has 0 nitrogen and oxygen atoms in total. The molecule has 0 atom stereocenters. The smallest absolute Gasteiger partial charge is 0.0601 e. The molecule has 0 bridgehead atoms. The van der Waals surface area contributed by atoms with Gasteiger partial charge in [-0.2, -0.15) is 0 Å². The van der Waals surface area contributed by atoms with Gasteiger partial charge in [-0.05, 0) is 27.7 Å². The van der Waals surface area contributed by atoms with E-state index in [1.165, 1.54) is 32.6 Å². The van der Waals surface area contributed by atoms with E-state index in [9.17, 15) is 0 Å². The molecule has 0 saturated carbocycles. The minimum atomic E-state index is 0.762. The van der Waals surface area contributed by atoms with Crippen LogP contribution in [0.4, 0.5) is 0 Å². The molecule has 0 fully saturated rings. The molecular weight excluding hydrogens is 220 g/mol. The molecule has 0 aromatic heterocycles. The lowest BCUT2D eigenvalue weighted by Crippen LogP contribution is -2.27. The van der Waals surface area contributed by atoms with E-state index in [0.29, 0.717) is 0 Å². The summed E-state index contributed by atoms with van der Waals surface area (Å²) in [6.07, 6.45) is 0. The van der Waals surface area contributed by atoms with Gasteiger partial charge in [0, 0.05) is 0 Å². The van der Waals surface area contributed by atoms with Crippen LogP contribution in [0.25, 0.3) is 0 Å². The first-order chi connectivity index (χ1) is 8.02. The van der Waals surface area contributed by atoms with Crippen molar-refractivity contribution < 1.29 is 0 Å². The molecule has 0 aliphatic rings. The minimum Gasteiger partial charge on any atom is -0.0601 e. The predicted octanol–water partition coefficient (Wildman–Crippen LogP) is 2.58. The van der Waals surface area contributed by atoms with Gasteiger partial charge >= 0.3 is 0 Å². The number of aryl methyl sites for hydroxylation is 4. The van der Waals surface area contributed by atoms with Gasteiger partial charge < -0.3 is 0 Å². The number of hydrogen-bond acceptors (Lipinski definition) is 0. The second-order valence-corrected chi connectivity index (χ2v) is 6.28. The summed E-state index contributed by atoms with van der Waals surface area (Å²) in [5, 5.41) is 2.88. The first-order valence-corrected chi connectivity index (χ1v) is 6.96. The Kier molecular flexibility index (Phi) is 3.48. The monoisotopic (exact) mass is 238 g/mol. The normalized spacial score (nSPS) is 10.6. The van der Waals surface area contributed by atoms with E-state index in [1.54, 1.807) is 0 Å². The van der Waals surface area contributed by atoms with Crippen LogP contribution in [0.1, 0.15) is 22.3 Å². The first-order valence-electron chi connectivity index (χ1n) is 5.96. The average Bonchev–Trinajstić information content (AvgIpc) is 2.13. The van der Waals surface area contributed by atoms with Crippen molar-refractivity contribution in [1.29, 1.82) is 0 Å². The Morgan fingerprint density at radius 3 is 1.12 bits per heavy atom. The highest BCUT2D eigenvalue weighted by atomic mass is 28.2. The third kappa shape index (κ3) is 3.30. The van der Waals surface area contributed by atoms with Crippen LogP contribution < -0.4 is 10.4 Å². The summed E-state index contributed by atoms with van der Waals surface area (Å²) in [4.78, 5) is 0. The highest BCUT2D eigenvalue weighted by Gasteiger charge is 2.01. The Morgan fingerprint density at radius 2 is 0.824 bits per heavy atom. The van der Waals surface area contributed by atoms with E-state index in [-0.39, 0.29) is 0 Å². The van der Waals surface area contributed by atoms with Crippen molar-refractivity contribution >= 4 is 19.9 Å². The molecule has 0 saturated heterocycles. The molecule has 0 spiro atoms. The zero-order chi connectivity index (χ0) is 12.4. The van der Waals surface area contributed by atoms with Crippen molar-refractivity contribution in [3.05, 3.63) is 58.7 Å². The van der Waals surface area contributed by atoms with Crippen LogP contribution >= 0.6 is 0 Å². The van der Waals surface area contributed by atoms with Crippen LogP contribution in [0, 0.1) is 27.7 Å². The Bertz CT molecular complexity index is 451. The zero-order valence-electron chi connectivity index (χ0n) is 11.0. The SMILES string of the molecule is Cc1cc(C)cc([Si]c2cc(C)cc(C)c2)c1. The fraction of sp³-hybridized carbons (Fsp3) is 0.250. The molecule has 0 heterocycles. The lowest BCUT2D eigenvalue weighted by molar-refractivity contribution is 1.40. The molecular formula is C16H18Si. The summed E-state index contributed by atoms with van der Waals surface area (Å²) in [6, 6.07) is 13.6.